The predicted octanol–water partition coefficient (Wildman–Crippen LogP) is 3.25. The minimum atomic E-state index is -0.732. The largest absolute Gasteiger partial charge is 0.459 e. The van der Waals surface area contributed by atoms with Crippen LogP contribution in [-0.4, -0.2) is 45.7 Å². The average Bonchev–Trinajstić information content (AvgIpc) is 2.53. The maximum atomic E-state index is 11.1. The Morgan fingerprint density at radius 1 is 1.00 bits per heavy atom. The molecule has 25 heavy (non-hydrogen) atoms. The molecule has 1 heterocycles. The fourth-order valence-corrected chi connectivity index (χ4v) is 3.29. The van der Waals surface area contributed by atoms with Crippen LogP contribution in [0.1, 0.15) is 84.0 Å². The number of carbonyl (C=O) groups is 1. The number of hydrogen-bond acceptors (Lipinski definition) is 5. The summed E-state index contributed by atoms with van der Waals surface area (Å²) in [7, 11) is 0. The second-order valence-electron chi connectivity index (χ2n) is 7.28. The molecule has 4 atom stereocenters. The molecule has 1 aliphatic heterocycles. The lowest BCUT2D eigenvalue weighted by Gasteiger charge is -2.23. The summed E-state index contributed by atoms with van der Waals surface area (Å²) in [6.07, 6.45) is 11.4. The molecule has 0 aliphatic carbocycles. The summed E-state index contributed by atoms with van der Waals surface area (Å²) in [6, 6.07) is 0. The summed E-state index contributed by atoms with van der Waals surface area (Å²) < 4.78 is 5.10. The van der Waals surface area contributed by atoms with Gasteiger partial charge >= 0.3 is 5.97 Å². The quantitative estimate of drug-likeness (QED) is 0.328. The van der Waals surface area contributed by atoms with Crippen molar-refractivity contribution in [2.24, 2.45) is 0 Å². The number of unbranched alkanes of at least 4 members (excludes halogenated alkanes) is 6. The van der Waals surface area contributed by atoms with Gasteiger partial charge in [0.15, 0.2) is 0 Å². The van der Waals surface area contributed by atoms with Crippen molar-refractivity contribution in [3.8, 4) is 0 Å². The molecule has 0 unspecified atom stereocenters. The average molecular weight is 357 g/mol. The van der Waals surface area contributed by atoms with E-state index in [4.69, 9.17) is 4.74 Å². The van der Waals surface area contributed by atoms with E-state index in [9.17, 15) is 20.1 Å². The van der Waals surface area contributed by atoms with Crippen molar-refractivity contribution in [3.05, 3.63) is 12.2 Å². The Labute approximate surface area is 152 Å². The third kappa shape index (κ3) is 11.3. The highest BCUT2D eigenvalue weighted by Gasteiger charge is 2.22. The van der Waals surface area contributed by atoms with Gasteiger partial charge in [0.05, 0.1) is 18.3 Å². The van der Waals surface area contributed by atoms with Crippen molar-refractivity contribution in [2.45, 2.75) is 108 Å². The van der Waals surface area contributed by atoms with E-state index in [1.165, 1.54) is 38.2 Å². The number of carbonyl (C=O) groups excluding carboxylic acids is 1. The Kier molecular flexibility index (Phi) is 11.8. The van der Waals surface area contributed by atoms with Gasteiger partial charge in [-0.15, -0.1) is 0 Å². The van der Waals surface area contributed by atoms with Crippen LogP contribution in [0.25, 0.3) is 0 Å². The third-order valence-electron chi connectivity index (χ3n) is 4.70. The van der Waals surface area contributed by atoms with Crippen LogP contribution in [0.15, 0.2) is 12.2 Å². The zero-order valence-electron chi connectivity index (χ0n) is 15.6. The number of cyclic esters (lactones) is 1. The second-order valence-corrected chi connectivity index (χ2v) is 7.28. The zero-order valence-corrected chi connectivity index (χ0v) is 15.6. The molecule has 3 N–H and O–H groups in total. The highest BCUT2D eigenvalue weighted by Crippen LogP contribution is 2.18. The van der Waals surface area contributed by atoms with Gasteiger partial charge in [0, 0.05) is 18.9 Å². The number of aliphatic hydroxyl groups excluding tert-OH is 3. The molecule has 5 nitrogen and oxygen atoms in total. The fraction of sp³-hybridized carbons (Fsp3) is 0.850. The van der Waals surface area contributed by atoms with Crippen molar-refractivity contribution in [1.29, 1.82) is 0 Å². The van der Waals surface area contributed by atoms with Crippen LogP contribution in [0.4, 0.5) is 0 Å². The van der Waals surface area contributed by atoms with E-state index in [0.29, 0.717) is 19.3 Å². The van der Waals surface area contributed by atoms with Crippen molar-refractivity contribution in [3.63, 3.8) is 0 Å². The van der Waals surface area contributed by atoms with Gasteiger partial charge in [-0.3, -0.25) is 0 Å². The van der Waals surface area contributed by atoms with Gasteiger partial charge in [-0.25, -0.2) is 4.79 Å². The summed E-state index contributed by atoms with van der Waals surface area (Å²) in [5.74, 6) is -0.380. The molecule has 0 bridgehead atoms. The van der Waals surface area contributed by atoms with Gasteiger partial charge in [-0.1, -0.05) is 57.9 Å². The Hall–Kier alpha value is -0.910. The maximum absolute atomic E-state index is 11.1. The molecule has 0 saturated heterocycles. The smallest absolute Gasteiger partial charge is 0.330 e. The Bertz CT molecular complexity index is 382. The minimum Gasteiger partial charge on any atom is -0.459 e. The first-order valence-corrected chi connectivity index (χ1v) is 9.92. The molecule has 5 heteroatoms. The van der Waals surface area contributed by atoms with E-state index in [2.05, 4.69) is 6.92 Å². The molecular weight excluding hydrogens is 320 g/mol. The van der Waals surface area contributed by atoms with Gasteiger partial charge in [0.25, 0.3) is 0 Å². The summed E-state index contributed by atoms with van der Waals surface area (Å²) in [4.78, 5) is 11.1. The zero-order chi connectivity index (χ0) is 18.5. The SMILES string of the molecule is CCCCCCCCC[C@@H](O)C[C@@H](O)C[C@H](O)C[C@@H]1CC=CC(=O)O1. The summed E-state index contributed by atoms with van der Waals surface area (Å²) in [5.41, 5.74) is 0. The summed E-state index contributed by atoms with van der Waals surface area (Å²) >= 11 is 0. The van der Waals surface area contributed by atoms with E-state index in [1.807, 2.05) is 0 Å². The van der Waals surface area contributed by atoms with E-state index >= 15 is 0 Å². The molecule has 0 spiro atoms. The van der Waals surface area contributed by atoms with E-state index < -0.39 is 18.3 Å². The van der Waals surface area contributed by atoms with E-state index in [0.717, 1.165) is 12.8 Å². The third-order valence-corrected chi connectivity index (χ3v) is 4.70. The molecule has 1 aliphatic rings. The van der Waals surface area contributed by atoms with Gasteiger partial charge in [0.2, 0.25) is 0 Å². The molecule has 0 saturated carbocycles. The van der Waals surface area contributed by atoms with E-state index in [1.54, 1.807) is 6.08 Å². The Morgan fingerprint density at radius 3 is 2.32 bits per heavy atom. The Balaban J connectivity index is 2.06. The van der Waals surface area contributed by atoms with E-state index in [-0.39, 0.29) is 24.9 Å². The van der Waals surface area contributed by atoms with Crippen molar-refractivity contribution < 1.29 is 24.9 Å². The van der Waals surface area contributed by atoms with Crippen LogP contribution in [0.3, 0.4) is 0 Å². The molecule has 0 aromatic heterocycles. The fourth-order valence-electron chi connectivity index (χ4n) is 3.29. The van der Waals surface area contributed by atoms with Crippen LogP contribution < -0.4 is 0 Å². The highest BCUT2D eigenvalue weighted by atomic mass is 16.5. The molecule has 0 fully saturated rings. The molecule has 0 amide bonds. The molecular formula is C20H36O5. The monoisotopic (exact) mass is 356 g/mol. The number of esters is 1. The van der Waals surface area contributed by atoms with Crippen LogP contribution in [0.5, 0.6) is 0 Å². The molecule has 0 radical (unpaired) electrons. The van der Waals surface area contributed by atoms with Crippen LogP contribution in [0, 0.1) is 0 Å². The highest BCUT2D eigenvalue weighted by molar-refractivity contribution is 5.82. The number of aliphatic hydroxyl groups is 3. The van der Waals surface area contributed by atoms with Gasteiger partial charge in [-0.05, 0) is 19.3 Å². The number of hydrogen-bond donors (Lipinski definition) is 3. The molecule has 0 aromatic carbocycles. The standard InChI is InChI=1S/C20H36O5/c1-2-3-4-5-6-7-8-10-16(21)13-17(22)14-18(23)15-19-11-9-12-20(24)25-19/h9,12,16-19,21-23H,2-8,10-11,13-15H2,1H3/t16-,17-,18+,19+/m1/s1. The van der Waals surface area contributed by atoms with Gasteiger partial charge < -0.3 is 20.1 Å². The van der Waals surface area contributed by atoms with Crippen molar-refractivity contribution >= 4 is 5.97 Å². The molecule has 1 rings (SSSR count). The van der Waals surface area contributed by atoms with Crippen molar-refractivity contribution in [1.82, 2.24) is 0 Å². The first-order chi connectivity index (χ1) is 12.0. The van der Waals surface area contributed by atoms with Crippen LogP contribution in [0.2, 0.25) is 0 Å². The lowest BCUT2D eigenvalue weighted by atomic mass is 9.97. The number of ether oxygens (including phenoxy) is 1. The topological polar surface area (TPSA) is 87.0 Å². The minimum absolute atomic E-state index is 0.200. The molecule has 0 aromatic rings. The summed E-state index contributed by atoms with van der Waals surface area (Å²) in [6.45, 7) is 2.21. The van der Waals surface area contributed by atoms with Crippen molar-refractivity contribution in [2.75, 3.05) is 0 Å². The van der Waals surface area contributed by atoms with Crippen LogP contribution >= 0.6 is 0 Å². The summed E-state index contributed by atoms with van der Waals surface area (Å²) in [5, 5.41) is 30.1. The predicted molar refractivity (Wildman–Crippen MR) is 98.1 cm³/mol. The lowest BCUT2D eigenvalue weighted by Crippen LogP contribution is -2.28. The normalized spacial score (nSPS) is 21.0. The van der Waals surface area contributed by atoms with Gasteiger partial charge in [0.1, 0.15) is 6.10 Å². The lowest BCUT2D eigenvalue weighted by molar-refractivity contribution is -0.145. The first-order valence-electron chi connectivity index (χ1n) is 9.92. The maximum Gasteiger partial charge on any atom is 0.330 e. The van der Waals surface area contributed by atoms with Crippen LogP contribution in [-0.2, 0) is 9.53 Å². The second kappa shape index (κ2) is 13.3. The Morgan fingerprint density at radius 2 is 1.64 bits per heavy atom. The number of rotatable bonds is 14. The molecule has 146 valence electrons. The van der Waals surface area contributed by atoms with Gasteiger partial charge in [-0.2, -0.15) is 0 Å². The first kappa shape index (κ1) is 22.1.